The Morgan fingerprint density at radius 2 is 1.75 bits per heavy atom. The summed E-state index contributed by atoms with van der Waals surface area (Å²) in [5.41, 5.74) is 5.06. The summed E-state index contributed by atoms with van der Waals surface area (Å²) in [6, 6.07) is 17.0. The highest BCUT2D eigenvalue weighted by atomic mass is 32.1. The third kappa shape index (κ3) is 3.87. The molecular formula is C25H24N6S. The molecule has 0 amide bonds. The molecule has 5 rings (SSSR count). The zero-order valence-electron chi connectivity index (χ0n) is 18.3. The van der Waals surface area contributed by atoms with Gasteiger partial charge in [-0.15, -0.1) is 11.3 Å². The lowest BCUT2D eigenvalue weighted by Gasteiger charge is -2.15. The monoisotopic (exact) mass is 440 g/mol. The number of hydrogen-bond acceptors (Lipinski definition) is 7. The first kappa shape index (κ1) is 20.3. The van der Waals surface area contributed by atoms with E-state index < -0.39 is 0 Å². The molecule has 5 aromatic rings. The Hall–Kier alpha value is -3.58. The van der Waals surface area contributed by atoms with E-state index in [1.165, 1.54) is 15.8 Å². The quantitative estimate of drug-likeness (QED) is 0.385. The molecule has 3 heterocycles. The lowest BCUT2D eigenvalue weighted by atomic mass is 10.1. The Balaban J connectivity index is 1.57. The summed E-state index contributed by atoms with van der Waals surface area (Å²) in [6.07, 6.45) is 2.47. The molecular weight excluding hydrogens is 416 g/mol. The van der Waals surface area contributed by atoms with Crippen LogP contribution < -0.4 is 10.2 Å². The van der Waals surface area contributed by atoms with Crippen LogP contribution in [0, 0.1) is 6.92 Å². The van der Waals surface area contributed by atoms with Gasteiger partial charge in [-0.2, -0.15) is 0 Å². The average molecular weight is 441 g/mol. The van der Waals surface area contributed by atoms with Gasteiger partial charge in [0, 0.05) is 41.7 Å². The number of fused-ring (bicyclic) bond motifs is 2. The van der Waals surface area contributed by atoms with E-state index in [4.69, 9.17) is 9.97 Å². The van der Waals surface area contributed by atoms with Crippen molar-refractivity contribution >= 4 is 44.1 Å². The Bertz CT molecular complexity index is 1390. The highest BCUT2D eigenvalue weighted by molar-refractivity contribution is 7.17. The molecule has 0 radical (unpaired) electrons. The van der Waals surface area contributed by atoms with E-state index in [1.54, 1.807) is 17.7 Å². The van der Waals surface area contributed by atoms with Gasteiger partial charge in [0.25, 0.3) is 0 Å². The first-order chi connectivity index (χ1) is 15.6. The fraction of sp³-hybridized carbons (Fsp3) is 0.200. The SMILES string of the molecule is Cc1ccc(CCNc2nc(-c3csc4ccccc34)nc3c(N(C)C)ncnc23)cc1. The highest BCUT2D eigenvalue weighted by Gasteiger charge is 2.17. The standard InChI is InChI=1S/C25H24N6S/c1-16-8-10-17(11-9-16)12-13-26-24-21-22(25(31(2)3)28-15-27-21)29-23(30-24)19-14-32-20-7-5-4-6-18(19)20/h4-11,14-15H,12-13H2,1-3H3,(H,26,29,30). The molecule has 7 heteroatoms. The molecule has 0 aliphatic rings. The van der Waals surface area contributed by atoms with Crippen molar-refractivity contribution in [2.45, 2.75) is 13.3 Å². The maximum atomic E-state index is 4.91. The summed E-state index contributed by atoms with van der Waals surface area (Å²) in [4.78, 5) is 20.8. The van der Waals surface area contributed by atoms with E-state index in [1.807, 2.05) is 19.0 Å². The molecule has 0 bridgehead atoms. The van der Waals surface area contributed by atoms with Crippen molar-refractivity contribution in [2.24, 2.45) is 0 Å². The van der Waals surface area contributed by atoms with E-state index in [2.05, 4.69) is 76.1 Å². The predicted molar refractivity (Wildman–Crippen MR) is 134 cm³/mol. The van der Waals surface area contributed by atoms with E-state index >= 15 is 0 Å². The molecule has 0 aliphatic carbocycles. The number of nitrogens with zero attached hydrogens (tertiary/aromatic N) is 5. The average Bonchev–Trinajstić information content (AvgIpc) is 3.24. The second-order valence-electron chi connectivity index (χ2n) is 7.99. The molecule has 0 aliphatic heterocycles. The number of hydrogen-bond donors (Lipinski definition) is 1. The first-order valence-corrected chi connectivity index (χ1v) is 11.4. The largest absolute Gasteiger partial charge is 0.368 e. The molecule has 0 saturated carbocycles. The summed E-state index contributed by atoms with van der Waals surface area (Å²) in [5, 5.41) is 6.79. The molecule has 0 atom stereocenters. The third-order valence-corrected chi connectivity index (χ3v) is 6.40. The summed E-state index contributed by atoms with van der Waals surface area (Å²) in [6.45, 7) is 2.85. The Morgan fingerprint density at radius 1 is 0.938 bits per heavy atom. The van der Waals surface area contributed by atoms with Crippen molar-refractivity contribution in [3.8, 4) is 11.4 Å². The number of nitrogens with one attached hydrogen (secondary N) is 1. The summed E-state index contributed by atoms with van der Waals surface area (Å²) in [5.74, 6) is 2.20. The minimum absolute atomic E-state index is 0.686. The van der Waals surface area contributed by atoms with Crippen molar-refractivity contribution < 1.29 is 0 Å². The van der Waals surface area contributed by atoms with Gasteiger partial charge in [-0.1, -0.05) is 48.0 Å². The molecule has 0 unspecified atom stereocenters. The number of aryl methyl sites for hydroxylation is 1. The lowest BCUT2D eigenvalue weighted by molar-refractivity contribution is 0.998. The minimum Gasteiger partial charge on any atom is -0.368 e. The normalized spacial score (nSPS) is 11.2. The zero-order valence-corrected chi connectivity index (χ0v) is 19.1. The second-order valence-corrected chi connectivity index (χ2v) is 8.90. The molecule has 0 fully saturated rings. The number of anilines is 2. The topological polar surface area (TPSA) is 66.8 Å². The van der Waals surface area contributed by atoms with Crippen LogP contribution in [0.3, 0.4) is 0 Å². The van der Waals surface area contributed by atoms with Gasteiger partial charge in [0.15, 0.2) is 17.5 Å². The van der Waals surface area contributed by atoms with E-state index in [0.717, 1.165) is 46.6 Å². The lowest BCUT2D eigenvalue weighted by Crippen LogP contribution is -2.14. The minimum atomic E-state index is 0.686. The first-order valence-electron chi connectivity index (χ1n) is 10.6. The van der Waals surface area contributed by atoms with E-state index in [-0.39, 0.29) is 0 Å². The number of aromatic nitrogens is 4. The van der Waals surface area contributed by atoms with Crippen LogP contribution in [-0.2, 0) is 6.42 Å². The summed E-state index contributed by atoms with van der Waals surface area (Å²) in [7, 11) is 3.93. The molecule has 32 heavy (non-hydrogen) atoms. The summed E-state index contributed by atoms with van der Waals surface area (Å²) < 4.78 is 1.22. The van der Waals surface area contributed by atoms with Crippen LogP contribution in [0.25, 0.3) is 32.5 Å². The van der Waals surface area contributed by atoms with Crippen molar-refractivity contribution in [3.63, 3.8) is 0 Å². The predicted octanol–water partition coefficient (Wildman–Crippen LogP) is 5.33. The van der Waals surface area contributed by atoms with Crippen molar-refractivity contribution in [1.29, 1.82) is 0 Å². The van der Waals surface area contributed by atoms with Crippen LogP contribution in [0.1, 0.15) is 11.1 Å². The molecule has 1 N–H and O–H groups in total. The number of rotatable bonds is 6. The van der Waals surface area contributed by atoms with Crippen LogP contribution in [0.4, 0.5) is 11.6 Å². The van der Waals surface area contributed by atoms with Crippen LogP contribution in [0.2, 0.25) is 0 Å². The smallest absolute Gasteiger partial charge is 0.163 e. The second kappa shape index (κ2) is 8.51. The van der Waals surface area contributed by atoms with E-state index in [0.29, 0.717) is 5.82 Å². The molecule has 0 spiro atoms. The molecule has 6 nitrogen and oxygen atoms in total. The summed E-state index contributed by atoms with van der Waals surface area (Å²) >= 11 is 1.70. The van der Waals surface area contributed by atoms with Gasteiger partial charge in [0.1, 0.15) is 17.4 Å². The Labute approximate surface area is 191 Å². The van der Waals surface area contributed by atoms with Gasteiger partial charge in [0.2, 0.25) is 0 Å². The van der Waals surface area contributed by atoms with Gasteiger partial charge in [0.05, 0.1) is 0 Å². The highest BCUT2D eigenvalue weighted by Crippen LogP contribution is 2.34. The maximum Gasteiger partial charge on any atom is 0.163 e. The van der Waals surface area contributed by atoms with Gasteiger partial charge in [-0.3, -0.25) is 0 Å². The fourth-order valence-corrected chi connectivity index (χ4v) is 4.68. The van der Waals surface area contributed by atoms with Crippen LogP contribution >= 0.6 is 11.3 Å². The van der Waals surface area contributed by atoms with Crippen molar-refractivity contribution in [3.05, 3.63) is 71.4 Å². The zero-order chi connectivity index (χ0) is 22.1. The van der Waals surface area contributed by atoms with Gasteiger partial charge in [-0.05, 0) is 25.0 Å². The Morgan fingerprint density at radius 3 is 2.56 bits per heavy atom. The van der Waals surface area contributed by atoms with Crippen LogP contribution in [0.5, 0.6) is 0 Å². The fourth-order valence-electron chi connectivity index (χ4n) is 3.74. The third-order valence-electron chi connectivity index (χ3n) is 5.43. The molecule has 0 saturated heterocycles. The molecule has 3 aromatic heterocycles. The maximum absolute atomic E-state index is 4.91. The van der Waals surface area contributed by atoms with E-state index in [9.17, 15) is 0 Å². The van der Waals surface area contributed by atoms with Crippen molar-refractivity contribution in [2.75, 3.05) is 30.9 Å². The number of benzene rings is 2. The van der Waals surface area contributed by atoms with Crippen LogP contribution in [0.15, 0.2) is 60.2 Å². The Kier molecular flexibility index (Phi) is 5.41. The van der Waals surface area contributed by atoms with Crippen molar-refractivity contribution in [1.82, 2.24) is 19.9 Å². The van der Waals surface area contributed by atoms with Gasteiger partial charge < -0.3 is 10.2 Å². The van der Waals surface area contributed by atoms with Crippen LogP contribution in [-0.4, -0.2) is 40.6 Å². The van der Waals surface area contributed by atoms with Gasteiger partial charge >= 0.3 is 0 Å². The number of thiophene rings is 1. The molecule has 160 valence electrons. The molecule has 2 aromatic carbocycles. The van der Waals surface area contributed by atoms with Gasteiger partial charge in [-0.25, -0.2) is 19.9 Å².